The topological polar surface area (TPSA) is 38.1 Å². The van der Waals surface area contributed by atoms with Gasteiger partial charge >= 0.3 is 0 Å². The monoisotopic (exact) mass is 243 g/mol. The van der Waals surface area contributed by atoms with Crippen LogP contribution in [0.3, 0.4) is 0 Å². The number of pyridine rings is 1. The second-order valence-corrected chi connectivity index (χ2v) is 4.48. The Morgan fingerprint density at radius 1 is 1.39 bits per heavy atom. The summed E-state index contributed by atoms with van der Waals surface area (Å²) in [5.74, 6) is 0.133. The minimum atomic E-state index is 0.133. The molecule has 0 atom stereocenters. The van der Waals surface area contributed by atoms with E-state index in [2.05, 4.69) is 4.98 Å². The lowest BCUT2D eigenvalue weighted by atomic mass is 10.2. The van der Waals surface area contributed by atoms with Gasteiger partial charge in [0.1, 0.15) is 0 Å². The average Bonchev–Trinajstić information content (AvgIpc) is 2.77. The molecule has 0 aliphatic heterocycles. The third-order valence-corrected chi connectivity index (χ3v) is 2.73. The number of hydrogen-bond acceptors (Lipinski definition) is 3. The van der Waals surface area contributed by atoms with Gasteiger partial charge in [-0.05, 0) is 25.2 Å². The van der Waals surface area contributed by atoms with Gasteiger partial charge in [0.25, 0.3) is 0 Å². The Balaban J connectivity index is 1.92. The smallest absolute Gasteiger partial charge is 0.178 e. The number of likely N-dealkylation sites (N-methyl/N-ethyl adjacent to an activating group) is 1. The number of Topliss-reactive ketones (excluding diaryl/α,β-unsaturated/α-hetero) is 1. The lowest BCUT2D eigenvalue weighted by molar-refractivity contribution is 0.0942. The van der Waals surface area contributed by atoms with Gasteiger partial charge in [0, 0.05) is 37.7 Å². The molecular weight excluding hydrogens is 226 g/mol. The van der Waals surface area contributed by atoms with Crippen molar-refractivity contribution in [2.45, 2.75) is 6.54 Å². The van der Waals surface area contributed by atoms with E-state index in [1.165, 1.54) is 0 Å². The summed E-state index contributed by atoms with van der Waals surface area (Å²) in [6, 6.07) is 7.65. The number of hydrogen-bond donors (Lipinski definition) is 0. The van der Waals surface area contributed by atoms with E-state index < -0.39 is 0 Å². The Morgan fingerprint density at radius 2 is 2.22 bits per heavy atom. The molecule has 0 aromatic carbocycles. The summed E-state index contributed by atoms with van der Waals surface area (Å²) in [6.07, 6.45) is 5.49. The fourth-order valence-corrected chi connectivity index (χ4v) is 1.83. The zero-order valence-electron chi connectivity index (χ0n) is 10.7. The Kier molecular flexibility index (Phi) is 3.89. The first-order valence-corrected chi connectivity index (χ1v) is 5.89. The van der Waals surface area contributed by atoms with Gasteiger partial charge in [-0.1, -0.05) is 6.07 Å². The fourth-order valence-electron chi connectivity index (χ4n) is 1.83. The molecule has 94 valence electrons. The number of carbonyl (C=O) groups is 1. The molecule has 4 nitrogen and oxygen atoms in total. The van der Waals surface area contributed by atoms with E-state index in [-0.39, 0.29) is 5.78 Å². The highest BCUT2D eigenvalue weighted by atomic mass is 16.1. The molecule has 0 bridgehead atoms. The predicted molar refractivity (Wildman–Crippen MR) is 70.3 cm³/mol. The molecule has 0 fully saturated rings. The summed E-state index contributed by atoms with van der Waals surface area (Å²) in [7, 11) is 3.84. The Labute approximate surface area is 107 Å². The molecule has 0 N–H and O–H groups in total. The van der Waals surface area contributed by atoms with Gasteiger partial charge in [-0.25, -0.2) is 0 Å². The summed E-state index contributed by atoms with van der Waals surface area (Å²) in [4.78, 5) is 18.2. The normalized spacial score (nSPS) is 10.8. The van der Waals surface area contributed by atoms with E-state index in [9.17, 15) is 4.79 Å². The summed E-state index contributed by atoms with van der Waals surface area (Å²) in [5.41, 5.74) is 1.73. The lowest BCUT2D eigenvalue weighted by Gasteiger charge is -2.14. The van der Waals surface area contributed by atoms with Gasteiger partial charge in [-0.15, -0.1) is 0 Å². The second-order valence-electron chi connectivity index (χ2n) is 4.48. The number of ketones is 1. The maximum atomic E-state index is 12.0. The standard InChI is InChI=1S/C14H17N3O/c1-16-8-6-12(9-16)14(18)11-17(2)10-13-5-3-4-7-15-13/h3-9H,10-11H2,1-2H3. The van der Waals surface area contributed by atoms with E-state index in [4.69, 9.17) is 0 Å². The predicted octanol–water partition coefficient (Wildman–Crippen LogP) is 1.73. The Morgan fingerprint density at radius 3 is 2.83 bits per heavy atom. The molecule has 0 spiro atoms. The number of nitrogens with zero attached hydrogens (tertiary/aromatic N) is 3. The van der Waals surface area contributed by atoms with Crippen LogP contribution in [0.25, 0.3) is 0 Å². The molecule has 4 heteroatoms. The van der Waals surface area contributed by atoms with E-state index in [1.54, 1.807) is 6.20 Å². The van der Waals surface area contributed by atoms with Gasteiger partial charge in [0.15, 0.2) is 5.78 Å². The maximum absolute atomic E-state index is 12.0. The number of rotatable bonds is 5. The first-order chi connectivity index (χ1) is 8.65. The van der Waals surface area contributed by atoms with Crippen LogP contribution >= 0.6 is 0 Å². The minimum Gasteiger partial charge on any atom is -0.357 e. The Bertz CT molecular complexity index is 519. The lowest BCUT2D eigenvalue weighted by Crippen LogP contribution is -2.25. The highest BCUT2D eigenvalue weighted by Gasteiger charge is 2.10. The number of aromatic nitrogens is 2. The number of carbonyl (C=O) groups excluding carboxylic acids is 1. The van der Waals surface area contributed by atoms with Crippen LogP contribution in [-0.4, -0.2) is 33.8 Å². The van der Waals surface area contributed by atoms with E-state index in [0.29, 0.717) is 13.1 Å². The third kappa shape index (κ3) is 3.28. The highest BCUT2D eigenvalue weighted by Crippen LogP contribution is 2.04. The van der Waals surface area contributed by atoms with Crippen molar-refractivity contribution in [3.8, 4) is 0 Å². The van der Waals surface area contributed by atoms with Crippen LogP contribution in [0.2, 0.25) is 0 Å². The molecule has 2 rings (SSSR count). The molecule has 0 amide bonds. The molecule has 2 aromatic rings. The van der Waals surface area contributed by atoms with Crippen LogP contribution < -0.4 is 0 Å². The van der Waals surface area contributed by atoms with Crippen LogP contribution in [0, 0.1) is 0 Å². The highest BCUT2D eigenvalue weighted by molar-refractivity contribution is 5.97. The quantitative estimate of drug-likeness (QED) is 0.751. The van der Waals surface area contributed by atoms with Crippen LogP contribution in [0.1, 0.15) is 16.1 Å². The van der Waals surface area contributed by atoms with Crippen molar-refractivity contribution >= 4 is 5.78 Å². The van der Waals surface area contributed by atoms with Crippen molar-refractivity contribution in [2.75, 3.05) is 13.6 Å². The number of aryl methyl sites for hydroxylation is 1. The van der Waals surface area contributed by atoms with Crippen LogP contribution in [0.4, 0.5) is 0 Å². The zero-order valence-corrected chi connectivity index (χ0v) is 10.7. The van der Waals surface area contributed by atoms with Crippen LogP contribution in [-0.2, 0) is 13.6 Å². The SMILES string of the molecule is CN(CC(=O)c1ccn(C)c1)Cc1ccccn1. The minimum absolute atomic E-state index is 0.133. The van der Waals surface area contributed by atoms with Crippen molar-refractivity contribution < 1.29 is 4.79 Å². The van der Waals surface area contributed by atoms with Gasteiger partial charge in [0.2, 0.25) is 0 Å². The van der Waals surface area contributed by atoms with Gasteiger partial charge < -0.3 is 4.57 Å². The van der Waals surface area contributed by atoms with Gasteiger partial charge in [0.05, 0.1) is 12.2 Å². The summed E-state index contributed by atoms with van der Waals surface area (Å²) in [6.45, 7) is 1.08. The van der Waals surface area contributed by atoms with Gasteiger partial charge in [-0.3, -0.25) is 14.7 Å². The molecule has 0 radical (unpaired) electrons. The van der Waals surface area contributed by atoms with E-state index >= 15 is 0 Å². The molecule has 2 aromatic heterocycles. The van der Waals surface area contributed by atoms with Crippen molar-refractivity contribution in [3.05, 3.63) is 54.1 Å². The van der Waals surface area contributed by atoms with Crippen molar-refractivity contribution in [3.63, 3.8) is 0 Å². The summed E-state index contributed by atoms with van der Waals surface area (Å²) in [5, 5.41) is 0. The van der Waals surface area contributed by atoms with Gasteiger partial charge in [-0.2, -0.15) is 0 Å². The molecule has 0 saturated heterocycles. The molecule has 0 unspecified atom stereocenters. The van der Waals surface area contributed by atoms with Crippen LogP contribution in [0.5, 0.6) is 0 Å². The molecule has 0 saturated carbocycles. The van der Waals surface area contributed by atoms with Crippen molar-refractivity contribution in [2.24, 2.45) is 7.05 Å². The average molecular weight is 243 g/mol. The maximum Gasteiger partial charge on any atom is 0.178 e. The molecular formula is C14H17N3O. The van der Waals surface area contributed by atoms with Crippen molar-refractivity contribution in [1.82, 2.24) is 14.5 Å². The first kappa shape index (κ1) is 12.5. The van der Waals surface area contributed by atoms with E-state index in [0.717, 1.165) is 11.3 Å². The van der Waals surface area contributed by atoms with Crippen LogP contribution in [0.15, 0.2) is 42.9 Å². The first-order valence-electron chi connectivity index (χ1n) is 5.89. The zero-order chi connectivity index (χ0) is 13.0. The molecule has 2 heterocycles. The molecule has 0 aliphatic carbocycles. The third-order valence-electron chi connectivity index (χ3n) is 2.73. The summed E-state index contributed by atoms with van der Waals surface area (Å²) >= 11 is 0. The summed E-state index contributed by atoms with van der Waals surface area (Å²) < 4.78 is 1.88. The van der Waals surface area contributed by atoms with Crippen molar-refractivity contribution in [1.29, 1.82) is 0 Å². The second kappa shape index (κ2) is 5.60. The largest absolute Gasteiger partial charge is 0.357 e. The molecule has 0 aliphatic rings. The Hall–Kier alpha value is -1.94. The fraction of sp³-hybridized carbons (Fsp3) is 0.286. The van der Waals surface area contributed by atoms with E-state index in [1.807, 2.05) is 60.2 Å². The molecule has 18 heavy (non-hydrogen) atoms.